The normalized spacial score (nSPS) is 14.0. The lowest BCUT2D eigenvalue weighted by Crippen LogP contribution is -2.47. The minimum atomic E-state index is -3.65. The summed E-state index contributed by atoms with van der Waals surface area (Å²) >= 11 is 5.91. The smallest absolute Gasteiger partial charge is 0.259 e. The molecule has 0 aliphatic carbocycles. The van der Waals surface area contributed by atoms with Crippen molar-refractivity contribution in [1.82, 2.24) is 14.4 Å². The Morgan fingerprint density at radius 1 is 1.50 bits per heavy atom. The topological polar surface area (TPSA) is 71.1 Å². The van der Waals surface area contributed by atoms with Crippen molar-refractivity contribution in [2.45, 2.75) is 38.8 Å². The van der Waals surface area contributed by atoms with Gasteiger partial charge in [-0.2, -0.15) is 17.9 Å². The molecule has 1 heterocycles. The molecule has 0 fully saturated rings. The van der Waals surface area contributed by atoms with Crippen molar-refractivity contribution in [2.75, 3.05) is 0 Å². The summed E-state index contributed by atoms with van der Waals surface area (Å²) in [5.41, 5.74) is -0.0107. The molecule has 1 atom stereocenters. The number of aromatic nitrogens is 1. The Morgan fingerprint density at radius 3 is 2.65 bits per heavy atom. The average molecular weight is 318 g/mol. The van der Waals surface area contributed by atoms with Crippen LogP contribution < -0.4 is 9.44 Å². The molecule has 7 heteroatoms. The maximum Gasteiger partial charge on any atom is 0.278 e. The van der Waals surface area contributed by atoms with Crippen LogP contribution in [-0.2, 0) is 10.2 Å². The molecule has 112 valence electrons. The molecule has 0 unspecified atom stereocenters. The lowest BCUT2D eigenvalue weighted by Gasteiger charge is -2.23. The number of rotatable bonds is 6. The average Bonchev–Trinajstić information content (AvgIpc) is 2.24. The second kappa shape index (κ2) is 6.67. The van der Waals surface area contributed by atoms with Crippen LogP contribution in [0, 0.1) is 0 Å². The maximum atomic E-state index is 12.1. The molecule has 0 saturated heterocycles. The van der Waals surface area contributed by atoms with E-state index in [2.05, 4.69) is 21.0 Å². The molecule has 0 radical (unpaired) electrons. The van der Waals surface area contributed by atoms with Crippen molar-refractivity contribution in [3.63, 3.8) is 0 Å². The Morgan fingerprint density at radius 2 is 2.15 bits per heavy atom. The van der Waals surface area contributed by atoms with Gasteiger partial charge < -0.3 is 0 Å². The highest BCUT2D eigenvalue weighted by atomic mass is 35.5. The molecule has 0 aromatic carbocycles. The van der Waals surface area contributed by atoms with Gasteiger partial charge in [-0.1, -0.05) is 17.7 Å². The molecule has 0 aliphatic rings. The molecular weight excluding hydrogens is 298 g/mol. The van der Waals surface area contributed by atoms with Crippen molar-refractivity contribution in [3.05, 3.63) is 41.7 Å². The summed E-state index contributed by atoms with van der Waals surface area (Å²) in [4.78, 5) is 4.15. The summed E-state index contributed by atoms with van der Waals surface area (Å²) in [5, 5.41) is 0.507. The molecule has 0 aliphatic heterocycles. The van der Waals surface area contributed by atoms with Gasteiger partial charge in [0.25, 0.3) is 10.2 Å². The molecule has 0 bridgehead atoms. The van der Waals surface area contributed by atoms with Gasteiger partial charge in [0.15, 0.2) is 0 Å². The molecule has 20 heavy (non-hydrogen) atoms. The Labute approximate surface area is 125 Å². The maximum absolute atomic E-state index is 12.1. The Kier molecular flexibility index (Phi) is 5.70. The third-order valence-electron chi connectivity index (χ3n) is 2.24. The van der Waals surface area contributed by atoms with Gasteiger partial charge in [-0.25, -0.2) is 0 Å². The Balaban J connectivity index is 2.96. The van der Waals surface area contributed by atoms with Crippen LogP contribution in [0.3, 0.4) is 0 Å². The van der Waals surface area contributed by atoms with E-state index in [0.717, 1.165) is 0 Å². The van der Waals surface area contributed by atoms with Crippen LogP contribution in [0.25, 0.3) is 0 Å². The van der Waals surface area contributed by atoms with E-state index < -0.39 is 21.8 Å². The third-order valence-corrected chi connectivity index (χ3v) is 3.95. The molecule has 1 rings (SSSR count). The zero-order valence-corrected chi connectivity index (χ0v) is 13.4. The van der Waals surface area contributed by atoms with E-state index in [1.54, 1.807) is 45.2 Å². The fraction of sp³-hybridized carbons (Fsp3) is 0.462. The van der Waals surface area contributed by atoms with E-state index in [1.165, 1.54) is 0 Å². The van der Waals surface area contributed by atoms with Crippen molar-refractivity contribution in [2.24, 2.45) is 0 Å². The predicted octanol–water partition coefficient (Wildman–Crippen LogP) is 2.57. The summed E-state index contributed by atoms with van der Waals surface area (Å²) < 4.78 is 29.2. The Hall–Kier alpha value is -0.950. The van der Waals surface area contributed by atoms with Gasteiger partial charge in [0.05, 0.1) is 11.7 Å². The van der Waals surface area contributed by atoms with Crippen LogP contribution in [0.2, 0.25) is 5.02 Å². The lowest BCUT2D eigenvalue weighted by molar-refractivity contribution is 0.474. The highest BCUT2D eigenvalue weighted by molar-refractivity contribution is 7.87. The van der Waals surface area contributed by atoms with Crippen molar-refractivity contribution < 1.29 is 8.42 Å². The number of nitrogens with zero attached hydrogens (tertiary/aromatic N) is 1. The molecule has 0 amide bonds. The predicted molar refractivity (Wildman–Crippen MR) is 81.7 cm³/mol. The quantitative estimate of drug-likeness (QED) is 0.792. The van der Waals surface area contributed by atoms with Crippen LogP contribution in [0.5, 0.6) is 0 Å². The summed E-state index contributed by atoms with van der Waals surface area (Å²) in [6, 6.07) is 2.76. The number of halogens is 1. The van der Waals surface area contributed by atoms with Crippen LogP contribution in [0.15, 0.2) is 31.0 Å². The van der Waals surface area contributed by atoms with Crippen LogP contribution in [0.4, 0.5) is 0 Å². The lowest BCUT2D eigenvalue weighted by atomic mass is 10.1. The first-order valence-corrected chi connectivity index (χ1v) is 8.02. The van der Waals surface area contributed by atoms with Gasteiger partial charge in [-0.05, 0) is 39.3 Å². The number of nitrogens with one attached hydrogen (secondary N) is 2. The first-order valence-electron chi connectivity index (χ1n) is 6.16. The summed E-state index contributed by atoms with van der Waals surface area (Å²) in [6.07, 6.45) is 3.59. The van der Waals surface area contributed by atoms with E-state index in [0.29, 0.717) is 17.1 Å². The zero-order valence-electron chi connectivity index (χ0n) is 11.9. The largest absolute Gasteiger partial charge is 0.278 e. The SMILES string of the molecule is C=CC[C@H](NS(=O)(=O)NC(C)(C)C)c1cc(Cl)ccn1. The van der Waals surface area contributed by atoms with Crippen LogP contribution in [0.1, 0.15) is 38.9 Å². The van der Waals surface area contributed by atoms with E-state index >= 15 is 0 Å². The highest BCUT2D eigenvalue weighted by Gasteiger charge is 2.24. The van der Waals surface area contributed by atoms with Gasteiger partial charge in [0, 0.05) is 16.8 Å². The van der Waals surface area contributed by atoms with E-state index in [9.17, 15) is 8.42 Å². The molecule has 5 nitrogen and oxygen atoms in total. The van der Waals surface area contributed by atoms with Crippen LogP contribution in [-0.4, -0.2) is 18.9 Å². The van der Waals surface area contributed by atoms with Gasteiger partial charge in [0.2, 0.25) is 0 Å². The second-order valence-corrected chi connectivity index (χ2v) is 7.33. The summed E-state index contributed by atoms with van der Waals surface area (Å²) in [7, 11) is -3.65. The molecular formula is C13H20ClN3O2S. The van der Waals surface area contributed by atoms with Gasteiger partial charge in [-0.15, -0.1) is 6.58 Å². The number of pyridine rings is 1. The molecule has 1 aromatic rings. The minimum Gasteiger partial charge on any atom is -0.259 e. The highest BCUT2D eigenvalue weighted by Crippen LogP contribution is 2.19. The van der Waals surface area contributed by atoms with E-state index in [4.69, 9.17) is 11.6 Å². The van der Waals surface area contributed by atoms with Crippen LogP contribution >= 0.6 is 11.6 Å². The van der Waals surface area contributed by atoms with Gasteiger partial charge in [-0.3, -0.25) is 4.98 Å². The minimum absolute atomic E-state index is 0.415. The fourth-order valence-corrected chi connectivity index (χ4v) is 3.25. The molecule has 1 aromatic heterocycles. The summed E-state index contributed by atoms with van der Waals surface area (Å²) in [6.45, 7) is 8.95. The monoisotopic (exact) mass is 317 g/mol. The van der Waals surface area contributed by atoms with Gasteiger partial charge >= 0.3 is 0 Å². The summed E-state index contributed by atoms with van der Waals surface area (Å²) in [5.74, 6) is 0. The second-order valence-electron chi connectivity index (χ2n) is 5.45. The third kappa shape index (κ3) is 6.00. The van der Waals surface area contributed by atoms with Crippen molar-refractivity contribution >= 4 is 21.8 Å². The number of hydrogen-bond donors (Lipinski definition) is 2. The Bertz CT molecular complexity index is 567. The number of hydrogen-bond acceptors (Lipinski definition) is 3. The van der Waals surface area contributed by atoms with E-state index in [-0.39, 0.29) is 0 Å². The molecule has 0 spiro atoms. The molecule has 2 N–H and O–H groups in total. The first-order chi connectivity index (χ1) is 9.13. The van der Waals surface area contributed by atoms with Gasteiger partial charge in [0.1, 0.15) is 0 Å². The van der Waals surface area contributed by atoms with E-state index in [1.807, 2.05) is 0 Å². The van der Waals surface area contributed by atoms with Crippen molar-refractivity contribution in [3.8, 4) is 0 Å². The first kappa shape index (κ1) is 17.1. The fourth-order valence-electron chi connectivity index (χ4n) is 1.63. The van der Waals surface area contributed by atoms with Crippen molar-refractivity contribution in [1.29, 1.82) is 0 Å². The zero-order chi connectivity index (χ0) is 15.4. The molecule has 0 saturated carbocycles. The standard InChI is InChI=1S/C13H20ClN3O2S/c1-5-6-11(12-9-10(14)7-8-15-12)16-20(18,19)17-13(2,3)4/h5,7-9,11,16-17H,1,6H2,2-4H3/t11-/m0/s1.